The van der Waals surface area contributed by atoms with Crippen molar-refractivity contribution in [2.75, 3.05) is 0 Å². The molecule has 2 aromatic rings. The average molecular weight is 226 g/mol. The molecule has 0 spiro atoms. The smallest absolute Gasteiger partial charge is 0.00230 e. The topological polar surface area (TPSA) is 0 Å². The van der Waals surface area contributed by atoms with E-state index in [-0.39, 0.29) is 0 Å². The van der Waals surface area contributed by atoms with Gasteiger partial charge in [-0.15, -0.1) is 0 Å². The summed E-state index contributed by atoms with van der Waals surface area (Å²) >= 11 is 0. The molecular formula is C17H22. The molecule has 0 atom stereocenters. The van der Waals surface area contributed by atoms with E-state index in [0.29, 0.717) is 0 Å². The molecule has 0 aliphatic rings. The molecule has 0 fully saturated rings. The first kappa shape index (κ1) is 13.5. The second-order valence-corrected chi connectivity index (χ2v) is 3.78. The number of hydrogen-bond acceptors (Lipinski definition) is 0. The van der Waals surface area contributed by atoms with E-state index in [0.717, 1.165) is 12.8 Å². The van der Waals surface area contributed by atoms with Gasteiger partial charge in [0.05, 0.1) is 0 Å². The molecule has 0 aliphatic carbocycles. The van der Waals surface area contributed by atoms with Gasteiger partial charge in [-0.05, 0) is 29.5 Å². The minimum Gasteiger partial charge on any atom is -0.0683 e. The Morgan fingerprint density at radius 1 is 0.706 bits per heavy atom. The van der Waals surface area contributed by atoms with Crippen molar-refractivity contribution >= 4 is 0 Å². The third kappa shape index (κ3) is 4.07. The van der Waals surface area contributed by atoms with Gasteiger partial charge >= 0.3 is 0 Å². The van der Waals surface area contributed by atoms with Crippen LogP contribution in [-0.4, -0.2) is 0 Å². The van der Waals surface area contributed by atoms with Gasteiger partial charge in [-0.2, -0.15) is 0 Å². The highest BCUT2D eigenvalue weighted by Gasteiger charge is 2.00. The van der Waals surface area contributed by atoms with Crippen LogP contribution >= 0.6 is 0 Å². The molecule has 0 saturated carbocycles. The minimum absolute atomic E-state index is 1.05. The quantitative estimate of drug-likeness (QED) is 0.700. The fraction of sp³-hybridized carbons (Fsp3) is 0.294. The fourth-order valence-corrected chi connectivity index (χ4v) is 1.89. The van der Waals surface area contributed by atoms with Crippen LogP contribution in [-0.2, 0) is 12.8 Å². The van der Waals surface area contributed by atoms with Crippen LogP contribution in [0, 0.1) is 0 Å². The lowest BCUT2D eigenvalue weighted by molar-refractivity contribution is 1.06. The molecule has 0 N–H and O–H groups in total. The summed E-state index contributed by atoms with van der Waals surface area (Å²) in [4.78, 5) is 0. The van der Waals surface area contributed by atoms with E-state index in [1.165, 1.54) is 16.7 Å². The molecule has 0 heterocycles. The van der Waals surface area contributed by atoms with Crippen LogP contribution < -0.4 is 0 Å². The third-order valence-electron chi connectivity index (χ3n) is 2.74. The maximum absolute atomic E-state index is 2.23. The zero-order chi connectivity index (χ0) is 12.5. The molecule has 0 bridgehead atoms. The summed E-state index contributed by atoms with van der Waals surface area (Å²) in [5.41, 5.74) is 4.30. The lowest BCUT2D eigenvalue weighted by atomic mass is 9.98. The first-order valence-electron chi connectivity index (χ1n) is 6.51. The summed E-state index contributed by atoms with van der Waals surface area (Å²) in [6.07, 6.45) is 2.16. The van der Waals surface area contributed by atoms with E-state index in [9.17, 15) is 0 Å². The molecule has 17 heavy (non-hydrogen) atoms. The standard InChI is InChI=1S/C15H16.C2H6/c1-2-14-10-6-7-11-15(14)12-13-8-4-3-5-9-13;1-2/h3-11H,2,12H2,1H3;1-2H3. The van der Waals surface area contributed by atoms with E-state index in [1.54, 1.807) is 0 Å². The summed E-state index contributed by atoms with van der Waals surface area (Å²) in [7, 11) is 0. The maximum atomic E-state index is 2.23. The molecule has 2 aromatic carbocycles. The number of rotatable bonds is 3. The van der Waals surface area contributed by atoms with Gasteiger partial charge in [0.2, 0.25) is 0 Å². The minimum atomic E-state index is 1.05. The molecule has 2 rings (SSSR count). The summed E-state index contributed by atoms with van der Waals surface area (Å²) in [5, 5.41) is 0. The van der Waals surface area contributed by atoms with Crippen LogP contribution in [0.3, 0.4) is 0 Å². The number of hydrogen-bond donors (Lipinski definition) is 0. The summed E-state index contributed by atoms with van der Waals surface area (Å²) < 4.78 is 0. The number of benzene rings is 2. The van der Waals surface area contributed by atoms with Gasteiger partial charge in [0, 0.05) is 0 Å². The predicted molar refractivity (Wildman–Crippen MR) is 76.4 cm³/mol. The monoisotopic (exact) mass is 226 g/mol. The lowest BCUT2D eigenvalue weighted by Crippen LogP contribution is -1.93. The molecule has 0 saturated heterocycles. The van der Waals surface area contributed by atoms with Crippen molar-refractivity contribution in [1.29, 1.82) is 0 Å². The molecule has 90 valence electrons. The molecule has 0 radical (unpaired) electrons. The lowest BCUT2D eigenvalue weighted by Gasteiger charge is -2.07. The molecular weight excluding hydrogens is 204 g/mol. The highest BCUT2D eigenvalue weighted by atomic mass is 14.0. The van der Waals surface area contributed by atoms with Crippen LogP contribution in [0.25, 0.3) is 0 Å². The van der Waals surface area contributed by atoms with Crippen molar-refractivity contribution < 1.29 is 0 Å². The third-order valence-corrected chi connectivity index (χ3v) is 2.74. The second kappa shape index (κ2) is 7.67. The second-order valence-electron chi connectivity index (χ2n) is 3.78. The van der Waals surface area contributed by atoms with Crippen molar-refractivity contribution in [3.63, 3.8) is 0 Å². The Morgan fingerprint density at radius 2 is 1.24 bits per heavy atom. The fourth-order valence-electron chi connectivity index (χ4n) is 1.89. The van der Waals surface area contributed by atoms with Gasteiger partial charge in [0.1, 0.15) is 0 Å². The van der Waals surface area contributed by atoms with Gasteiger partial charge < -0.3 is 0 Å². The van der Waals surface area contributed by atoms with Crippen molar-refractivity contribution in [3.8, 4) is 0 Å². The Balaban J connectivity index is 0.000000686. The van der Waals surface area contributed by atoms with Gasteiger partial charge in [-0.3, -0.25) is 0 Å². The Hall–Kier alpha value is -1.56. The molecule has 0 aliphatic heterocycles. The molecule has 0 amide bonds. The van der Waals surface area contributed by atoms with Gasteiger partial charge in [0.15, 0.2) is 0 Å². The van der Waals surface area contributed by atoms with Gasteiger partial charge in [-0.25, -0.2) is 0 Å². The molecule has 0 heteroatoms. The van der Waals surface area contributed by atoms with Crippen LogP contribution in [0.4, 0.5) is 0 Å². The first-order chi connectivity index (χ1) is 8.40. The van der Waals surface area contributed by atoms with Crippen molar-refractivity contribution in [1.82, 2.24) is 0 Å². The van der Waals surface area contributed by atoms with Crippen LogP contribution in [0.15, 0.2) is 54.6 Å². The van der Waals surface area contributed by atoms with Gasteiger partial charge in [-0.1, -0.05) is 75.4 Å². The van der Waals surface area contributed by atoms with E-state index in [4.69, 9.17) is 0 Å². The van der Waals surface area contributed by atoms with Crippen molar-refractivity contribution in [2.24, 2.45) is 0 Å². The zero-order valence-corrected chi connectivity index (χ0v) is 11.1. The Morgan fingerprint density at radius 3 is 1.82 bits per heavy atom. The van der Waals surface area contributed by atoms with E-state index in [2.05, 4.69) is 61.5 Å². The molecule has 0 aromatic heterocycles. The predicted octanol–water partition coefficient (Wildman–Crippen LogP) is 4.87. The summed E-state index contributed by atoms with van der Waals surface area (Å²) in [5.74, 6) is 0. The van der Waals surface area contributed by atoms with E-state index >= 15 is 0 Å². The molecule has 0 unspecified atom stereocenters. The van der Waals surface area contributed by atoms with Crippen molar-refractivity contribution in [2.45, 2.75) is 33.6 Å². The summed E-state index contributed by atoms with van der Waals surface area (Å²) in [6.45, 7) is 6.21. The van der Waals surface area contributed by atoms with Gasteiger partial charge in [0.25, 0.3) is 0 Å². The Bertz CT molecular complexity index is 415. The normalized spacial score (nSPS) is 9.35. The number of aryl methyl sites for hydroxylation is 1. The largest absolute Gasteiger partial charge is 0.0683 e. The van der Waals surface area contributed by atoms with Crippen molar-refractivity contribution in [3.05, 3.63) is 71.3 Å². The Kier molecular flexibility index (Phi) is 6.09. The molecule has 0 nitrogen and oxygen atoms in total. The van der Waals surface area contributed by atoms with Crippen LogP contribution in [0.1, 0.15) is 37.5 Å². The maximum Gasteiger partial charge on any atom is -0.00230 e. The average Bonchev–Trinajstić information content (AvgIpc) is 2.43. The summed E-state index contributed by atoms with van der Waals surface area (Å²) in [6, 6.07) is 19.3. The highest BCUT2D eigenvalue weighted by Crippen LogP contribution is 2.14. The van der Waals surface area contributed by atoms with E-state index < -0.39 is 0 Å². The van der Waals surface area contributed by atoms with E-state index in [1.807, 2.05) is 13.8 Å². The van der Waals surface area contributed by atoms with Crippen LogP contribution in [0.2, 0.25) is 0 Å². The first-order valence-corrected chi connectivity index (χ1v) is 6.51. The van der Waals surface area contributed by atoms with Crippen LogP contribution in [0.5, 0.6) is 0 Å². The highest BCUT2D eigenvalue weighted by molar-refractivity contribution is 5.32. The Labute approximate surface area is 105 Å². The zero-order valence-electron chi connectivity index (χ0n) is 11.1. The SMILES string of the molecule is CC.CCc1ccccc1Cc1ccccc1.